The van der Waals surface area contributed by atoms with Gasteiger partial charge in [0.2, 0.25) is 0 Å². The summed E-state index contributed by atoms with van der Waals surface area (Å²) in [6.07, 6.45) is 1.68. The standard InChI is InChI=1S/C18H35NO5/c1-12-9-13(2)18(22)24-11-16(20)17(21)14(3)19(4)8-6-7-15(10-12)23-5/h12-17,20-21H,6-11H2,1-5H3/t12-,13+,14+,15-,16+,17+/m0/s1. The molecule has 0 bridgehead atoms. The molecule has 0 unspecified atom stereocenters. The van der Waals surface area contributed by atoms with Crippen LogP contribution in [0.4, 0.5) is 0 Å². The average Bonchev–Trinajstić information content (AvgIpc) is 2.55. The minimum absolute atomic E-state index is 0.169. The van der Waals surface area contributed by atoms with Crippen molar-refractivity contribution in [1.29, 1.82) is 0 Å². The summed E-state index contributed by atoms with van der Waals surface area (Å²) in [5.74, 6) is -0.195. The molecule has 6 heteroatoms. The van der Waals surface area contributed by atoms with Crippen LogP contribution in [0.3, 0.4) is 0 Å². The van der Waals surface area contributed by atoms with Crippen molar-refractivity contribution in [3.8, 4) is 0 Å². The summed E-state index contributed by atoms with van der Waals surface area (Å²) in [7, 11) is 3.66. The zero-order valence-electron chi connectivity index (χ0n) is 15.8. The van der Waals surface area contributed by atoms with E-state index in [0.29, 0.717) is 5.92 Å². The Hall–Kier alpha value is -0.690. The number of carbonyl (C=O) groups is 1. The fraction of sp³-hybridized carbons (Fsp3) is 0.944. The van der Waals surface area contributed by atoms with E-state index in [4.69, 9.17) is 9.47 Å². The highest BCUT2D eigenvalue weighted by molar-refractivity contribution is 5.71. The van der Waals surface area contributed by atoms with Crippen LogP contribution in [0.5, 0.6) is 0 Å². The van der Waals surface area contributed by atoms with E-state index in [1.165, 1.54) is 0 Å². The lowest BCUT2D eigenvalue weighted by molar-refractivity contribution is -0.155. The maximum absolute atomic E-state index is 12.1. The largest absolute Gasteiger partial charge is 0.463 e. The number of aliphatic hydroxyl groups is 2. The Kier molecular flexibility index (Phi) is 9.19. The van der Waals surface area contributed by atoms with Crippen LogP contribution in [-0.2, 0) is 14.3 Å². The topological polar surface area (TPSA) is 79.2 Å². The van der Waals surface area contributed by atoms with Gasteiger partial charge in [0.25, 0.3) is 0 Å². The first kappa shape index (κ1) is 21.4. The quantitative estimate of drug-likeness (QED) is 0.700. The molecule has 0 aromatic rings. The van der Waals surface area contributed by atoms with Crippen LogP contribution in [0.25, 0.3) is 0 Å². The molecule has 2 N–H and O–H groups in total. The van der Waals surface area contributed by atoms with Gasteiger partial charge in [-0.25, -0.2) is 0 Å². The molecule has 6 atom stereocenters. The predicted octanol–water partition coefficient (Wildman–Crippen LogP) is 1.43. The first-order valence-corrected chi connectivity index (χ1v) is 9.02. The number of nitrogens with zero attached hydrogens (tertiary/aromatic N) is 1. The van der Waals surface area contributed by atoms with Crippen LogP contribution < -0.4 is 0 Å². The van der Waals surface area contributed by atoms with E-state index in [0.717, 1.165) is 32.2 Å². The van der Waals surface area contributed by atoms with Crippen LogP contribution >= 0.6 is 0 Å². The lowest BCUT2D eigenvalue weighted by Crippen LogP contribution is -2.47. The van der Waals surface area contributed by atoms with Gasteiger partial charge in [-0.3, -0.25) is 4.79 Å². The number of hydrogen-bond acceptors (Lipinski definition) is 6. The lowest BCUT2D eigenvalue weighted by atomic mass is 9.91. The molecule has 0 saturated carbocycles. The average molecular weight is 345 g/mol. The van der Waals surface area contributed by atoms with Crippen molar-refractivity contribution in [2.24, 2.45) is 11.8 Å². The lowest BCUT2D eigenvalue weighted by Gasteiger charge is -2.31. The Balaban J connectivity index is 2.80. The minimum atomic E-state index is -1.08. The Morgan fingerprint density at radius 2 is 1.88 bits per heavy atom. The molecule has 0 aromatic heterocycles. The first-order valence-electron chi connectivity index (χ1n) is 9.02. The number of likely N-dealkylation sites (N-methyl/N-ethyl adjacent to an activating group) is 1. The van der Waals surface area contributed by atoms with E-state index in [-0.39, 0.29) is 30.6 Å². The van der Waals surface area contributed by atoms with E-state index in [1.54, 1.807) is 7.11 Å². The summed E-state index contributed by atoms with van der Waals surface area (Å²) in [6, 6.07) is -0.221. The maximum atomic E-state index is 12.1. The molecule has 142 valence electrons. The van der Waals surface area contributed by atoms with Gasteiger partial charge in [0.1, 0.15) is 12.7 Å². The third kappa shape index (κ3) is 6.67. The number of esters is 1. The van der Waals surface area contributed by atoms with E-state index in [2.05, 4.69) is 6.92 Å². The zero-order chi connectivity index (χ0) is 18.3. The molecule has 0 radical (unpaired) electrons. The van der Waals surface area contributed by atoms with Gasteiger partial charge in [-0.05, 0) is 52.1 Å². The van der Waals surface area contributed by atoms with Gasteiger partial charge in [0.15, 0.2) is 0 Å². The second kappa shape index (κ2) is 10.3. The number of cyclic esters (lactones) is 1. The van der Waals surface area contributed by atoms with Gasteiger partial charge in [-0.2, -0.15) is 0 Å². The molecule has 0 spiro atoms. The molecule has 24 heavy (non-hydrogen) atoms. The number of carbonyl (C=O) groups excluding carboxylic acids is 1. The fourth-order valence-corrected chi connectivity index (χ4v) is 3.34. The summed E-state index contributed by atoms with van der Waals surface area (Å²) in [5, 5.41) is 20.4. The van der Waals surface area contributed by atoms with Crippen LogP contribution in [0.1, 0.15) is 46.5 Å². The molecule has 6 nitrogen and oxygen atoms in total. The van der Waals surface area contributed by atoms with Crippen LogP contribution in [0.2, 0.25) is 0 Å². The van der Waals surface area contributed by atoms with Crippen molar-refractivity contribution in [3.63, 3.8) is 0 Å². The van der Waals surface area contributed by atoms with Crippen molar-refractivity contribution in [1.82, 2.24) is 4.90 Å². The first-order chi connectivity index (χ1) is 11.3. The molecule has 1 aliphatic heterocycles. The van der Waals surface area contributed by atoms with Gasteiger partial charge >= 0.3 is 5.97 Å². The third-order valence-electron chi connectivity index (χ3n) is 5.17. The van der Waals surface area contributed by atoms with Gasteiger partial charge < -0.3 is 24.6 Å². The van der Waals surface area contributed by atoms with Gasteiger partial charge in [0, 0.05) is 13.2 Å². The van der Waals surface area contributed by atoms with Crippen molar-refractivity contribution < 1.29 is 24.5 Å². The summed E-state index contributed by atoms with van der Waals surface area (Å²) in [4.78, 5) is 14.1. The molecule has 1 rings (SSSR count). The smallest absolute Gasteiger partial charge is 0.308 e. The molecule has 1 saturated heterocycles. The summed E-state index contributed by atoms with van der Waals surface area (Å²) in [6.45, 7) is 6.48. The number of ether oxygens (including phenoxy) is 2. The van der Waals surface area contributed by atoms with E-state index in [9.17, 15) is 15.0 Å². The second-order valence-corrected chi connectivity index (χ2v) is 7.39. The highest BCUT2D eigenvalue weighted by Gasteiger charge is 2.28. The Bertz CT molecular complexity index is 378. The van der Waals surface area contributed by atoms with E-state index in [1.807, 2.05) is 25.8 Å². The minimum Gasteiger partial charge on any atom is -0.463 e. The van der Waals surface area contributed by atoms with E-state index >= 15 is 0 Å². The number of aliphatic hydroxyl groups excluding tert-OH is 2. The van der Waals surface area contributed by atoms with Crippen molar-refractivity contribution in [2.45, 2.75) is 70.8 Å². The Morgan fingerprint density at radius 3 is 2.50 bits per heavy atom. The normalized spacial score (nSPS) is 38.9. The van der Waals surface area contributed by atoms with E-state index < -0.39 is 12.2 Å². The summed E-state index contributed by atoms with van der Waals surface area (Å²) < 4.78 is 10.8. The van der Waals surface area contributed by atoms with Crippen molar-refractivity contribution in [3.05, 3.63) is 0 Å². The molecule has 1 aliphatic rings. The molecule has 0 aliphatic carbocycles. The van der Waals surface area contributed by atoms with Crippen LogP contribution in [-0.4, -0.2) is 72.7 Å². The molecule has 0 amide bonds. The molecule has 1 heterocycles. The van der Waals surface area contributed by atoms with Crippen LogP contribution in [0.15, 0.2) is 0 Å². The highest BCUT2D eigenvalue weighted by Crippen LogP contribution is 2.22. The summed E-state index contributed by atoms with van der Waals surface area (Å²) in [5.41, 5.74) is 0. The SMILES string of the molecule is CO[C@H]1CCCN(C)[C@H](C)[C@@H](O)[C@H](O)COC(=O)[C@H](C)C[C@H](C)C1. The fourth-order valence-electron chi connectivity index (χ4n) is 3.34. The van der Waals surface area contributed by atoms with Gasteiger partial charge in [-0.1, -0.05) is 13.8 Å². The van der Waals surface area contributed by atoms with Crippen LogP contribution in [0, 0.1) is 11.8 Å². The van der Waals surface area contributed by atoms with Gasteiger partial charge in [0.05, 0.1) is 18.1 Å². The Morgan fingerprint density at radius 1 is 1.21 bits per heavy atom. The van der Waals surface area contributed by atoms with Crippen molar-refractivity contribution >= 4 is 5.97 Å². The monoisotopic (exact) mass is 345 g/mol. The maximum Gasteiger partial charge on any atom is 0.308 e. The number of hydrogen-bond donors (Lipinski definition) is 2. The third-order valence-corrected chi connectivity index (χ3v) is 5.17. The second-order valence-electron chi connectivity index (χ2n) is 7.39. The molecular weight excluding hydrogens is 310 g/mol. The molecule has 1 fully saturated rings. The Labute approximate surface area is 146 Å². The highest BCUT2D eigenvalue weighted by atomic mass is 16.5. The molecule has 0 aromatic carbocycles. The molecular formula is C18H35NO5. The number of methoxy groups -OCH3 is 1. The van der Waals surface area contributed by atoms with Gasteiger partial charge in [-0.15, -0.1) is 0 Å². The number of rotatable bonds is 1. The van der Waals surface area contributed by atoms with Crippen molar-refractivity contribution in [2.75, 3.05) is 27.3 Å². The zero-order valence-corrected chi connectivity index (χ0v) is 15.8. The predicted molar refractivity (Wildman–Crippen MR) is 92.7 cm³/mol. The summed E-state index contributed by atoms with van der Waals surface area (Å²) >= 11 is 0.